The van der Waals surface area contributed by atoms with Gasteiger partial charge in [-0.15, -0.1) is 0 Å². The molecular formula is C13H16S. The summed E-state index contributed by atoms with van der Waals surface area (Å²) in [4.78, 5) is 0.928. The molecule has 0 aliphatic heterocycles. The van der Waals surface area contributed by atoms with E-state index in [2.05, 4.69) is 26.8 Å². The van der Waals surface area contributed by atoms with Gasteiger partial charge < -0.3 is 0 Å². The molecule has 0 spiro atoms. The van der Waals surface area contributed by atoms with Gasteiger partial charge in [0.15, 0.2) is 0 Å². The summed E-state index contributed by atoms with van der Waals surface area (Å²) < 4.78 is 0. The third-order valence-electron chi connectivity index (χ3n) is 2.33. The number of hydrogen-bond donors (Lipinski definition) is 0. The molecule has 0 amide bonds. The molecule has 1 heteroatoms. The second-order valence-corrected chi connectivity index (χ2v) is 4.21. The van der Waals surface area contributed by atoms with Crippen molar-refractivity contribution in [3.8, 4) is 0 Å². The quantitative estimate of drug-likeness (QED) is 0.407. The summed E-state index contributed by atoms with van der Waals surface area (Å²) in [5, 5.41) is 0. The van der Waals surface area contributed by atoms with Crippen molar-refractivity contribution in [1.82, 2.24) is 0 Å². The van der Waals surface area contributed by atoms with Crippen LogP contribution in [0.2, 0.25) is 0 Å². The fourth-order valence-corrected chi connectivity index (χ4v) is 1.38. The Morgan fingerprint density at radius 3 is 2.29 bits per heavy atom. The summed E-state index contributed by atoms with van der Waals surface area (Å²) in [5.74, 6) is 0.566. The minimum atomic E-state index is 0.566. The van der Waals surface area contributed by atoms with Crippen molar-refractivity contribution in [3.05, 3.63) is 47.5 Å². The molecule has 0 saturated heterocycles. The molecule has 1 rings (SSSR count). The Morgan fingerprint density at radius 1 is 1.21 bits per heavy atom. The number of hydrogen-bond acceptors (Lipinski definition) is 1. The second-order valence-electron chi connectivity index (χ2n) is 3.77. The zero-order valence-electron chi connectivity index (χ0n) is 8.95. The summed E-state index contributed by atoms with van der Waals surface area (Å²) in [6, 6.07) is 10.1. The number of allylic oxidation sites excluding steroid dienone is 2. The van der Waals surface area contributed by atoms with E-state index in [4.69, 9.17) is 12.2 Å². The lowest BCUT2D eigenvalue weighted by molar-refractivity contribution is 0.771. The molecule has 0 aromatic heterocycles. The molecule has 1 aromatic carbocycles. The predicted molar refractivity (Wildman–Crippen MR) is 66.7 cm³/mol. The van der Waals surface area contributed by atoms with Crippen LogP contribution in [0.3, 0.4) is 0 Å². The Kier molecular flexibility index (Phi) is 4.02. The minimum Gasteiger partial charge on any atom is -0.0795 e. The van der Waals surface area contributed by atoms with E-state index < -0.39 is 0 Å². The van der Waals surface area contributed by atoms with Crippen LogP contribution in [0.1, 0.15) is 26.3 Å². The zero-order chi connectivity index (χ0) is 10.6. The highest BCUT2D eigenvalue weighted by Crippen LogP contribution is 2.11. The topological polar surface area (TPSA) is 0 Å². The van der Waals surface area contributed by atoms with Crippen LogP contribution in [0, 0.1) is 5.92 Å². The molecule has 0 aliphatic rings. The molecule has 0 N–H and O–H groups in total. The van der Waals surface area contributed by atoms with Gasteiger partial charge in [0, 0.05) is 4.86 Å². The van der Waals surface area contributed by atoms with E-state index in [0.717, 1.165) is 10.4 Å². The van der Waals surface area contributed by atoms with Gasteiger partial charge in [-0.2, -0.15) is 0 Å². The molecule has 0 atom stereocenters. The van der Waals surface area contributed by atoms with Gasteiger partial charge in [-0.05, 0) is 24.5 Å². The van der Waals surface area contributed by atoms with Gasteiger partial charge in [-0.1, -0.05) is 62.0 Å². The Labute approximate surface area is 91.7 Å². The standard InChI is InChI=1S/C13H16S/c1-10(2)11(3)9-13(14)12-7-5-4-6-8-12/h4-10H,1-3H3/b11-9-. The van der Waals surface area contributed by atoms with Gasteiger partial charge in [0.1, 0.15) is 0 Å². The van der Waals surface area contributed by atoms with Gasteiger partial charge in [-0.3, -0.25) is 0 Å². The van der Waals surface area contributed by atoms with Gasteiger partial charge >= 0.3 is 0 Å². The van der Waals surface area contributed by atoms with Crippen molar-refractivity contribution >= 4 is 17.1 Å². The maximum atomic E-state index is 5.34. The Balaban J connectivity index is 2.83. The highest BCUT2D eigenvalue weighted by atomic mass is 32.1. The third kappa shape index (κ3) is 3.08. The molecule has 0 unspecified atom stereocenters. The van der Waals surface area contributed by atoms with Gasteiger partial charge in [0.05, 0.1) is 0 Å². The summed E-state index contributed by atoms with van der Waals surface area (Å²) >= 11 is 5.34. The largest absolute Gasteiger partial charge is 0.0795 e. The second kappa shape index (κ2) is 5.06. The first-order chi connectivity index (χ1) is 6.61. The van der Waals surface area contributed by atoms with Crippen LogP contribution in [0.25, 0.3) is 0 Å². The molecule has 14 heavy (non-hydrogen) atoms. The molecular weight excluding hydrogens is 188 g/mol. The normalized spacial score (nSPS) is 11.9. The smallest absolute Gasteiger partial charge is 0.0449 e. The van der Waals surface area contributed by atoms with E-state index in [0.29, 0.717) is 5.92 Å². The first-order valence-electron chi connectivity index (χ1n) is 4.89. The van der Waals surface area contributed by atoms with Crippen LogP contribution < -0.4 is 0 Å². The number of rotatable bonds is 3. The van der Waals surface area contributed by atoms with Gasteiger partial charge in [0.2, 0.25) is 0 Å². The van der Waals surface area contributed by atoms with Crippen LogP contribution in [-0.2, 0) is 0 Å². The van der Waals surface area contributed by atoms with Crippen LogP contribution in [-0.4, -0.2) is 4.86 Å². The molecule has 0 fully saturated rings. The lowest BCUT2D eigenvalue weighted by Crippen LogP contribution is -1.96. The minimum absolute atomic E-state index is 0.566. The van der Waals surface area contributed by atoms with Crippen molar-refractivity contribution in [1.29, 1.82) is 0 Å². The Morgan fingerprint density at radius 2 is 1.79 bits per heavy atom. The van der Waals surface area contributed by atoms with E-state index in [9.17, 15) is 0 Å². The highest BCUT2D eigenvalue weighted by molar-refractivity contribution is 7.81. The maximum Gasteiger partial charge on any atom is 0.0449 e. The SMILES string of the molecule is C/C(=C/C(=S)c1ccccc1)C(C)C. The maximum absolute atomic E-state index is 5.34. The van der Waals surface area contributed by atoms with Gasteiger partial charge in [-0.25, -0.2) is 0 Å². The molecule has 0 bridgehead atoms. The van der Waals surface area contributed by atoms with Crippen LogP contribution in [0.4, 0.5) is 0 Å². The summed E-state index contributed by atoms with van der Waals surface area (Å²) in [6.45, 7) is 6.48. The van der Waals surface area contributed by atoms with E-state index in [1.807, 2.05) is 30.3 Å². The van der Waals surface area contributed by atoms with Crippen molar-refractivity contribution in [3.63, 3.8) is 0 Å². The first kappa shape index (κ1) is 11.1. The van der Waals surface area contributed by atoms with E-state index in [1.165, 1.54) is 5.57 Å². The zero-order valence-corrected chi connectivity index (χ0v) is 9.77. The number of benzene rings is 1. The van der Waals surface area contributed by atoms with E-state index in [1.54, 1.807) is 0 Å². The predicted octanol–water partition coefficient (Wildman–Crippen LogP) is 4.01. The molecule has 74 valence electrons. The van der Waals surface area contributed by atoms with Crippen LogP contribution in [0.15, 0.2) is 42.0 Å². The van der Waals surface area contributed by atoms with Crippen molar-refractivity contribution in [2.75, 3.05) is 0 Å². The van der Waals surface area contributed by atoms with Crippen molar-refractivity contribution in [2.24, 2.45) is 5.92 Å². The third-order valence-corrected chi connectivity index (χ3v) is 2.68. The molecule has 0 nitrogen and oxygen atoms in total. The lowest BCUT2D eigenvalue weighted by Gasteiger charge is -2.05. The average molecular weight is 204 g/mol. The Hall–Kier alpha value is -0.950. The number of thiocarbonyl (C=S) groups is 1. The average Bonchev–Trinajstić information content (AvgIpc) is 2.19. The summed E-state index contributed by atoms with van der Waals surface area (Å²) in [5.41, 5.74) is 2.46. The molecule has 0 saturated carbocycles. The van der Waals surface area contributed by atoms with E-state index >= 15 is 0 Å². The molecule has 1 aromatic rings. The highest BCUT2D eigenvalue weighted by Gasteiger charge is 2.00. The van der Waals surface area contributed by atoms with Crippen LogP contribution >= 0.6 is 12.2 Å². The summed E-state index contributed by atoms with van der Waals surface area (Å²) in [6.07, 6.45) is 2.09. The summed E-state index contributed by atoms with van der Waals surface area (Å²) in [7, 11) is 0. The van der Waals surface area contributed by atoms with Gasteiger partial charge in [0.25, 0.3) is 0 Å². The van der Waals surface area contributed by atoms with Crippen molar-refractivity contribution in [2.45, 2.75) is 20.8 Å². The molecule has 0 aliphatic carbocycles. The monoisotopic (exact) mass is 204 g/mol. The first-order valence-corrected chi connectivity index (χ1v) is 5.29. The fraction of sp³-hybridized carbons (Fsp3) is 0.308. The van der Waals surface area contributed by atoms with E-state index in [-0.39, 0.29) is 0 Å². The van der Waals surface area contributed by atoms with Crippen LogP contribution in [0.5, 0.6) is 0 Å². The fourth-order valence-electron chi connectivity index (χ4n) is 1.06. The lowest BCUT2D eigenvalue weighted by atomic mass is 10.0. The molecule has 0 radical (unpaired) electrons. The van der Waals surface area contributed by atoms with Crippen molar-refractivity contribution < 1.29 is 0 Å². The Bertz CT molecular complexity index is 334. The molecule has 0 heterocycles.